The zero-order chi connectivity index (χ0) is 32.7. The molecule has 4 amide bonds. The van der Waals surface area contributed by atoms with Crippen LogP contribution in [0.1, 0.15) is 76.1 Å². The maximum atomic E-state index is 13.5. The normalized spacial score (nSPS) is 19.3. The van der Waals surface area contributed by atoms with E-state index in [0.717, 1.165) is 12.8 Å². The number of carboxylic acids is 2. The molecule has 2 aromatic rings. The van der Waals surface area contributed by atoms with Gasteiger partial charge in [-0.25, -0.2) is 4.79 Å². The van der Waals surface area contributed by atoms with Gasteiger partial charge in [-0.3, -0.25) is 28.9 Å². The number of aliphatic carboxylic acids is 2. The lowest BCUT2D eigenvalue weighted by molar-refractivity contribution is -0.142. The average molecular weight is 619 g/mol. The average Bonchev–Trinajstić information content (AvgIpc) is 3.59. The first-order valence-electron chi connectivity index (χ1n) is 15.0. The van der Waals surface area contributed by atoms with E-state index in [4.69, 9.17) is 5.11 Å². The lowest BCUT2D eigenvalue weighted by Gasteiger charge is -2.31. The van der Waals surface area contributed by atoms with E-state index in [-0.39, 0.29) is 30.4 Å². The van der Waals surface area contributed by atoms with Crippen LogP contribution >= 0.6 is 0 Å². The van der Waals surface area contributed by atoms with Crippen LogP contribution in [0.15, 0.2) is 60.3 Å². The molecule has 238 valence electrons. The van der Waals surface area contributed by atoms with E-state index in [1.165, 1.54) is 22.8 Å². The number of hydrogen-bond donors (Lipinski definition) is 4. The number of nitrogens with one attached hydrogen (secondary N) is 2. The molecule has 2 aromatic carbocycles. The van der Waals surface area contributed by atoms with E-state index in [2.05, 4.69) is 10.6 Å². The molecular formula is C33H38N4O8. The first kappa shape index (κ1) is 32.9. The van der Waals surface area contributed by atoms with E-state index in [1.807, 2.05) is 6.07 Å². The van der Waals surface area contributed by atoms with Crippen LogP contribution < -0.4 is 15.5 Å². The van der Waals surface area contributed by atoms with Crippen LogP contribution in [0.3, 0.4) is 0 Å². The number of amides is 4. The Kier molecular flexibility index (Phi) is 10.4. The Morgan fingerprint density at radius 1 is 0.956 bits per heavy atom. The van der Waals surface area contributed by atoms with Gasteiger partial charge in [0.15, 0.2) is 0 Å². The quantitative estimate of drug-likeness (QED) is 0.262. The highest BCUT2D eigenvalue weighted by atomic mass is 16.4. The van der Waals surface area contributed by atoms with Gasteiger partial charge < -0.3 is 25.7 Å². The van der Waals surface area contributed by atoms with Crippen LogP contribution in [0.25, 0.3) is 6.08 Å². The van der Waals surface area contributed by atoms with Crippen LogP contribution in [0.4, 0.5) is 5.69 Å². The number of benzene rings is 2. The van der Waals surface area contributed by atoms with Gasteiger partial charge in [0.05, 0.1) is 11.8 Å². The van der Waals surface area contributed by atoms with Crippen LogP contribution in [-0.2, 0) is 28.8 Å². The summed E-state index contributed by atoms with van der Waals surface area (Å²) in [7, 11) is 0. The number of anilines is 1. The SMILES string of the molecule is CC(=O)NCCC1(C(=O)N/C(=C\c2ccc(N3C(=O)C(C)N(C(=O)CCC(=O)O)C3c3ccccc3)cc2)C(=O)O)CCCC1. The van der Waals surface area contributed by atoms with E-state index in [0.29, 0.717) is 42.6 Å². The smallest absolute Gasteiger partial charge is 0.352 e. The summed E-state index contributed by atoms with van der Waals surface area (Å²) in [6.07, 6.45) is 3.17. The molecule has 45 heavy (non-hydrogen) atoms. The predicted octanol–water partition coefficient (Wildman–Crippen LogP) is 3.44. The van der Waals surface area contributed by atoms with Crippen molar-refractivity contribution in [2.75, 3.05) is 11.4 Å². The van der Waals surface area contributed by atoms with Crippen molar-refractivity contribution < 1.29 is 39.0 Å². The van der Waals surface area contributed by atoms with Gasteiger partial charge in [-0.1, -0.05) is 55.3 Å². The second-order valence-corrected chi connectivity index (χ2v) is 11.5. The Bertz CT molecular complexity index is 1480. The molecule has 1 aliphatic carbocycles. The summed E-state index contributed by atoms with van der Waals surface area (Å²) in [5.41, 5.74) is 0.504. The number of carbonyl (C=O) groups excluding carboxylic acids is 4. The van der Waals surface area contributed by atoms with Gasteiger partial charge >= 0.3 is 11.9 Å². The zero-order valence-corrected chi connectivity index (χ0v) is 25.3. The highest BCUT2D eigenvalue weighted by molar-refractivity contribution is 6.04. The highest BCUT2D eigenvalue weighted by Gasteiger charge is 2.47. The van der Waals surface area contributed by atoms with E-state index in [1.54, 1.807) is 55.5 Å². The summed E-state index contributed by atoms with van der Waals surface area (Å²) in [6, 6.07) is 14.6. The molecule has 1 saturated carbocycles. The fourth-order valence-electron chi connectivity index (χ4n) is 6.10. The fraction of sp³-hybridized carbons (Fsp3) is 0.394. The minimum absolute atomic E-state index is 0.198. The molecule has 2 aliphatic rings. The van der Waals surface area contributed by atoms with Crippen molar-refractivity contribution in [3.8, 4) is 0 Å². The van der Waals surface area contributed by atoms with E-state index >= 15 is 0 Å². The Hall–Kier alpha value is -5.00. The molecule has 4 rings (SSSR count). The lowest BCUT2D eigenvalue weighted by atomic mass is 9.81. The van der Waals surface area contributed by atoms with Gasteiger partial charge in [-0.2, -0.15) is 0 Å². The molecule has 1 saturated heterocycles. The van der Waals surface area contributed by atoms with Gasteiger partial charge in [0.2, 0.25) is 17.7 Å². The summed E-state index contributed by atoms with van der Waals surface area (Å²) in [5.74, 6) is -3.84. The van der Waals surface area contributed by atoms with Crippen molar-refractivity contribution in [3.63, 3.8) is 0 Å². The third-order valence-electron chi connectivity index (χ3n) is 8.44. The molecule has 2 fully saturated rings. The number of nitrogens with zero attached hydrogens (tertiary/aromatic N) is 2. The Balaban J connectivity index is 1.59. The molecule has 1 heterocycles. The molecule has 12 heteroatoms. The molecule has 0 radical (unpaired) electrons. The van der Waals surface area contributed by atoms with Gasteiger partial charge in [0.25, 0.3) is 5.91 Å². The van der Waals surface area contributed by atoms with Crippen LogP contribution in [0, 0.1) is 5.41 Å². The second-order valence-electron chi connectivity index (χ2n) is 11.5. The molecule has 2 unspecified atom stereocenters. The summed E-state index contributed by atoms with van der Waals surface area (Å²) >= 11 is 0. The third-order valence-corrected chi connectivity index (χ3v) is 8.44. The summed E-state index contributed by atoms with van der Waals surface area (Å²) < 4.78 is 0. The monoisotopic (exact) mass is 618 g/mol. The highest BCUT2D eigenvalue weighted by Crippen LogP contribution is 2.42. The molecule has 0 bridgehead atoms. The standard InChI is InChI=1S/C33H38N4O8/c1-21-30(42)37(29(24-8-4-3-5-9-24)36(21)27(39)14-15-28(40)41)25-12-10-23(11-13-25)20-26(31(43)44)35-32(45)33(16-6-7-17-33)18-19-34-22(2)38/h3-5,8-13,20-21,29H,6-7,14-19H2,1-2H3,(H,34,38)(H,35,45)(H,40,41)(H,43,44)/b26-20-. The second kappa shape index (κ2) is 14.2. The van der Waals surface area contributed by atoms with Gasteiger partial charge in [-0.05, 0) is 55.5 Å². The first-order valence-corrected chi connectivity index (χ1v) is 15.0. The van der Waals surface area contributed by atoms with Crippen molar-refractivity contribution in [2.45, 2.75) is 71.0 Å². The van der Waals surface area contributed by atoms with E-state index in [9.17, 15) is 33.9 Å². The largest absolute Gasteiger partial charge is 0.481 e. The number of carboxylic acid groups (broad SMARTS) is 2. The summed E-state index contributed by atoms with van der Waals surface area (Å²) in [5, 5.41) is 24.3. The minimum Gasteiger partial charge on any atom is -0.481 e. The van der Waals surface area contributed by atoms with Crippen molar-refractivity contribution >= 4 is 47.3 Å². The first-order chi connectivity index (χ1) is 21.4. The topological polar surface area (TPSA) is 173 Å². The lowest BCUT2D eigenvalue weighted by Crippen LogP contribution is -2.42. The predicted molar refractivity (Wildman–Crippen MR) is 164 cm³/mol. The Morgan fingerprint density at radius 3 is 2.18 bits per heavy atom. The van der Waals surface area contributed by atoms with Crippen molar-refractivity contribution in [1.82, 2.24) is 15.5 Å². The minimum atomic E-state index is -1.31. The molecule has 2 atom stereocenters. The maximum absolute atomic E-state index is 13.5. The molecule has 1 aliphatic heterocycles. The summed E-state index contributed by atoms with van der Waals surface area (Å²) in [6.45, 7) is 3.32. The van der Waals surface area contributed by atoms with Gasteiger partial charge in [-0.15, -0.1) is 0 Å². The molecule has 0 aromatic heterocycles. The Labute approximate surface area is 261 Å². The molecular weight excluding hydrogens is 580 g/mol. The van der Waals surface area contributed by atoms with Crippen LogP contribution in [0.2, 0.25) is 0 Å². The number of rotatable bonds is 12. The third kappa shape index (κ3) is 7.57. The van der Waals surface area contributed by atoms with Crippen molar-refractivity contribution in [1.29, 1.82) is 0 Å². The van der Waals surface area contributed by atoms with Crippen LogP contribution in [-0.4, -0.2) is 63.3 Å². The van der Waals surface area contributed by atoms with E-state index < -0.39 is 41.4 Å². The van der Waals surface area contributed by atoms with Crippen molar-refractivity contribution in [3.05, 3.63) is 71.4 Å². The zero-order valence-electron chi connectivity index (χ0n) is 25.3. The van der Waals surface area contributed by atoms with Gasteiger partial charge in [0.1, 0.15) is 17.9 Å². The molecule has 0 spiro atoms. The number of carbonyl (C=O) groups is 6. The van der Waals surface area contributed by atoms with Crippen LogP contribution in [0.5, 0.6) is 0 Å². The molecule has 12 nitrogen and oxygen atoms in total. The number of hydrogen-bond acceptors (Lipinski definition) is 6. The fourth-order valence-corrected chi connectivity index (χ4v) is 6.10. The van der Waals surface area contributed by atoms with Crippen molar-refractivity contribution in [2.24, 2.45) is 5.41 Å². The Morgan fingerprint density at radius 2 is 1.60 bits per heavy atom. The summed E-state index contributed by atoms with van der Waals surface area (Å²) in [4.78, 5) is 77.5. The molecule has 4 N–H and O–H groups in total. The maximum Gasteiger partial charge on any atom is 0.352 e. The van der Waals surface area contributed by atoms with Gasteiger partial charge in [0, 0.05) is 25.6 Å².